The number of ether oxygens (including phenoxy) is 1. The SMILES string of the molecule is CC(C)=CCC/C(C)=C/CC/C(C)=C/CCC1(C)CCc2cc(O[Si](C)(C)C(C)(C)C)c(C)c(C)c2O1. The van der Waals surface area contributed by atoms with Crippen LogP contribution in [-0.2, 0) is 6.42 Å². The highest BCUT2D eigenvalue weighted by Crippen LogP contribution is 2.44. The van der Waals surface area contributed by atoms with E-state index in [4.69, 9.17) is 9.16 Å². The van der Waals surface area contributed by atoms with Crippen molar-refractivity contribution in [2.24, 2.45) is 0 Å². The van der Waals surface area contributed by atoms with Gasteiger partial charge in [0.15, 0.2) is 0 Å². The molecule has 1 aromatic rings. The molecule has 2 rings (SSSR count). The van der Waals surface area contributed by atoms with E-state index in [2.05, 4.69) is 107 Å². The average Bonchev–Trinajstić information content (AvgIpc) is 2.77. The molecule has 0 spiro atoms. The number of fused-ring (bicyclic) bond motifs is 1. The zero-order valence-electron chi connectivity index (χ0n) is 26.3. The Hall–Kier alpha value is -1.74. The van der Waals surface area contributed by atoms with E-state index in [1.165, 1.54) is 39.8 Å². The molecule has 0 amide bonds. The number of hydrogen-bond donors (Lipinski definition) is 0. The molecular weight excluding hydrogens is 468 g/mol. The van der Waals surface area contributed by atoms with Crippen LogP contribution in [0.5, 0.6) is 11.5 Å². The van der Waals surface area contributed by atoms with Crippen LogP contribution in [0.2, 0.25) is 18.1 Å². The zero-order chi connectivity index (χ0) is 28.0. The second-order valence-electron chi connectivity index (χ2n) is 13.5. The van der Waals surface area contributed by atoms with Crippen LogP contribution in [0.1, 0.15) is 117 Å². The van der Waals surface area contributed by atoms with Gasteiger partial charge in [0.1, 0.15) is 17.1 Å². The van der Waals surface area contributed by atoms with Crippen molar-refractivity contribution >= 4 is 8.32 Å². The van der Waals surface area contributed by atoms with Gasteiger partial charge >= 0.3 is 0 Å². The molecule has 1 atom stereocenters. The van der Waals surface area contributed by atoms with E-state index >= 15 is 0 Å². The van der Waals surface area contributed by atoms with Gasteiger partial charge in [0, 0.05) is 0 Å². The van der Waals surface area contributed by atoms with E-state index in [1.807, 2.05) is 0 Å². The fraction of sp³-hybridized carbons (Fsp3) is 0.647. The van der Waals surface area contributed by atoms with Crippen LogP contribution in [0.4, 0.5) is 0 Å². The molecule has 0 fully saturated rings. The summed E-state index contributed by atoms with van der Waals surface area (Å²) >= 11 is 0. The second-order valence-corrected chi connectivity index (χ2v) is 18.3. The summed E-state index contributed by atoms with van der Waals surface area (Å²) in [4.78, 5) is 0. The van der Waals surface area contributed by atoms with Gasteiger partial charge < -0.3 is 9.16 Å². The zero-order valence-corrected chi connectivity index (χ0v) is 27.3. The predicted molar refractivity (Wildman–Crippen MR) is 166 cm³/mol. The molecule has 0 aliphatic carbocycles. The van der Waals surface area contributed by atoms with Crippen LogP contribution in [0.25, 0.3) is 0 Å². The van der Waals surface area contributed by atoms with E-state index in [1.54, 1.807) is 0 Å². The third kappa shape index (κ3) is 9.20. The fourth-order valence-corrected chi connectivity index (χ4v) is 5.69. The molecule has 1 heterocycles. The van der Waals surface area contributed by atoms with E-state index < -0.39 is 8.32 Å². The minimum absolute atomic E-state index is 0.107. The third-order valence-corrected chi connectivity index (χ3v) is 12.9. The molecule has 1 aliphatic rings. The van der Waals surface area contributed by atoms with E-state index in [0.29, 0.717) is 0 Å². The summed E-state index contributed by atoms with van der Waals surface area (Å²) in [7, 11) is -1.88. The Bertz CT molecular complexity index is 1020. The highest BCUT2D eigenvalue weighted by atomic mass is 28.4. The molecular formula is C34H56O2Si. The first-order valence-corrected chi connectivity index (χ1v) is 17.4. The predicted octanol–water partition coefficient (Wildman–Crippen LogP) is 11.0. The summed E-state index contributed by atoms with van der Waals surface area (Å²) < 4.78 is 13.5. The van der Waals surface area contributed by atoms with E-state index in [9.17, 15) is 0 Å². The van der Waals surface area contributed by atoms with Crippen molar-refractivity contribution in [1.29, 1.82) is 0 Å². The van der Waals surface area contributed by atoms with Crippen LogP contribution >= 0.6 is 0 Å². The van der Waals surface area contributed by atoms with Crippen molar-refractivity contribution in [3.63, 3.8) is 0 Å². The Balaban J connectivity index is 1.97. The van der Waals surface area contributed by atoms with Gasteiger partial charge in [-0.15, -0.1) is 0 Å². The van der Waals surface area contributed by atoms with Gasteiger partial charge in [-0.2, -0.15) is 0 Å². The highest BCUT2D eigenvalue weighted by molar-refractivity contribution is 6.74. The number of rotatable bonds is 11. The van der Waals surface area contributed by atoms with Crippen LogP contribution in [0.3, 0.4) is 0 Å². The quantitative estimate of drug-likeness (QED) is 0.212. The Kier molecular flexibility index (Phi) is 10.9. The van der Waals surface area contributed by atoms with Gasteiger partial charge in [0.25, 0.3) is 0 Å². The lowest BCUT2D eigenvalue weighted by Crippen LogP contribution is -2.44. The molecule has 3 heteroatoms. The standard InChI is InChI=1S/C34H56O2Si/c1-25(2)16-13-17-26(3)18-14-19-27(4)20-15-22-34(10)23-21-30-24-31(28(5)29(6)32(30)35-34)36-37(11,12)33(7,8)9/h16,18,20,24H,13-15,17,19,21-23H2,1-12H3/b26-18+,27-20+. The molecule has 1 aromatic carbocycles. The summed E-state index contributed by atoms with van der Waals surface area (Å²) in [6.07, 6.45) is 16.1. The first-order chi connectivity index (χ1) is 17.0. The minimum Gasteiger partial charge on any atom is -0.543 e. The monoisotopic (exact) mass is 524 g/mol. The van der Waals surface area contributed by atoms with Gasteiger partial charge in [-0.05, 0) is 141 Å². The van der Waals surface area contributed by atoms with Crippen LogP contribution < -0.4 is 9.16 Å². The maximum atomic E-state index is 6.74. The largest absolute Gasteiger partial charge is 0.543 e. The lowest BCUT2D eigenvalue weighted by molar-refractivity contribution is 0.0561. The van der Waals surface area contributed by atoms with Crippen molar-refractivity contribution in [3.8, 4) is 11.5 Å². The minimum atomic E-state index is -1.88. The normalized spacial score (nSPS) is 18.8. The van der Waals surface area contributed by atoms with Crippen molar-refractivity contribution in [1.82, 2.24) is 0 Å². The van der Waals surface area contributed by atoms with E-state index in [0.717, 1.165) is 56.4 Å². The van der Waals surface area contributed by atoms with Gasteiger partial charge in [-0.25, -0.2) is 0 Å². The first-order valence-electron chi connectivity index (χ1n) is 14.5. The maximum absolute atomic E-state index is 6.74. The van der Waals surface area contributed by atoms with Crippen LogP contribution in [0.15, 0.2) is 41.0 Å². The molecule has 208 valence electrons. The van der Waals surface area contributed by atoms with Crippen LogP contribution in [-0.4, -0.2) is 13.9 Å². The lowest BCUT2D eigenvalue weighted by Gasteiger charge is -2.39. The topological polar surface area (TPSA) is 18.5 Å². The summed E-state index contributed by atoms with van der Waals surface area (Å²) in [5, 5.41) is 0.185. The number of hydrogen-bond acceptors (Lipinski definition) is 2. The Labute approximate surface area is 230 Å². The van der Waals surface area contributed by atoms with E-state index in [-0.39, 0.29) is 10.6 Å². The van der Waals surface area contributed by atoms with Crippen molar-refractivity contribution in [2.45, 2.75) is 144 Å². The van der Waals surface area contributed by atoms with Crippen LogP contribution in [0, 0.1) is 13.8 Å². The van der Waals surface area contributed by atoms with Crippen molar-refractivity contribution < 1.29 is 9.16 Å². The molecule has 0 bridgehead atoms. The second kappa shape index (κ2) is 12.9. The third-order valence-electron chi connectivity index (χ3n) is 8.60. The Morgan fingerprint density at radius 2 is 1.51 bits per heavy atom. The molecule has 0 N–H and O–H groups in total. The molecule has 0 saturated carbocycles. The highest BCUT2D eigenvalue weighted by Gasteiger charge is 2.40. The summed E-state index contributed by atoms with van der Waals surface area (Å²) in [5.41, 5.74) is 8.10. The first kappa shape index (κ1) is 31.5. The fourth-order valence-electron chi connectivity index (χ4n) is 4.63. The van der Waals surface area contributed by atoms with Gasteiger partial charge in [0.2, 0.25) is 8.32 Å². The maximum Gasteiger partial charge on any atom is 0.250 e. The molecule has 2 nitrogen and oxygen atoms in total. The smallest absolute Gasteiger partial charge is 0.250 e. The van der Waals surface area contributed by atoms with Gasteiger partial charge in [-0.3, -0.25) is 0 Å². The Morgan fingerprint density at radius 1 is 0.946 bits per heavy atom. The van der Waals surface area contributed by atoms with Crippen molar-refractivity contribution in [2.75, 3.05) is 0 Å². The number of aryl methyl sites for hydroxylation is 1. The Morgan fingerprint density at radius 3 is 2.08 bits per heavy atom. The van der Waals surface area contributed by atoms with Gasteiger partial charge in [-0.1, -0.05) is 55.7 Å². The molecule has 0 saturated heterocycles. The molecule has 0 radical (unpaired) electrons. The number of benzene rings is 1. The number of allylic oxidation sites excluding steroid dienone is 6. The average molecular weight is 525 g/mol. The molecule has 1 unspecified atom stereocenters. The van der Waals surface area contributed by atoms with Gasteiger partial charge in [0.05, 0.1) is 0 Å². The van der Waals surface area contributed by atoms with Crippen molar-refractivity contribution in [3.05, 3.63) is 57.7 Å². The lowest BCUT2D eigenvalue weighted by atomic mass is 9.87. The summed E-state index contributed by atoms with van der Waals surface area (Å²) in [6.45, 7) is 27.2. The molecule has 0 aromatic heterocycles. The molecule has 37 heavy (non-hydrogen) atoms. The summed E-state index contributed by atoms with van der Waals surface area (Å²) in [5.74, 6) is 2.16. The summed E-state index contributed by atoms with van der Waals surface area (Å²) in [6, 6.07) is 2.27. The molecule has 1 aliphatic heterocycles.